The van der Waals surface area contributed by atoms with Gasteiger partial charge in [0.15, 0.2) is 0 Å². The second kappa shape index (κ2) is 6.12. The molecule has 1 N–H and O–H groups in total. The Morgan fingerprint density at radius 3 is 2.82 bits per heavy atom. The highest BCUT2D eigenvalue weighted by molar-refractivity contribution is 6.17. The molecule has 0 aliphatic rings. The van der Waals surface area contributed by atoms with Gasteiger partial charge in [0, 0.05) is 5.56 Å². The van der Waals surface area contributed by atoms with E-state index in [1.54, 1.807) is 6.92 Å². The molecule has 0 aliphatic heterocycles. The quantitative estimate of drug-likeness (QED) is 0.659. The smallest absolute Gasteiger partial charge is 0.310 e. The number of carbonyl (C=O) groups excluding carboxylic acids is 1. The number of ether oxygens (including phenoxy) is 1. The van der Waals surface area contributed by atoms with Crippen molar-refractivity contribution in [1.82, 2.24) is 0 Å². The molecule has 5 heteroatoms. The molecule has 0 aliphatic carbocycles. The lowest BCUT2D eigenvalue weighted by molar-refractivity contribution is -0.142. The third-order valence-electron chi connectivity index (χ3n) is 2.26. The first-order chi connectivity index (χ1) is 8.13. The standard InChI is InChI=1S/C12H12ClNO3/c1-2-17-12(16)5-8-3-4-11(15)9(6-13)10(8)7-14/h3-4,15H,2,5-6H2,1H3. The first kappa shape index (κ1) is 13.3. The molecule has 0 unspecified atom stereocenters. The van der Waals surface area contributed by atoms with Crippen molar-refractivity contribution in [3.05, 3.63) is 28.8 Å². The van der Waals surface area contributed by atoms with E-state index >= 15 is 0 Å². The van der Waals surface area contributed by atoms with Crippen molar-refractivity contribution in [1.29, 1.82) is 5.26 Å². The Morgan fingerprint density at radius 2 is 2.29 bits per heavy atom. The molecule has 1 aromatic carbocycles. The van der Waals surface area contributed by atoms with Gasteiger partial charge in [-0.3, -0.25) is 4.79 Å². The number of esters is 1. The summed E-state index contributed by atoms with van der Waals surface area (Å²) in [6, 6.07) is 4.90. The van der Waals surface area contributed by atoms with Crippen molar-refractivity contribution in [2.75, 3.05) is 6.61 Å². The molecule has 0 saturated heterocycles. The van der Waals surface area contributed by atoms with Gasteiger partial charge in [0.05, 0.1) is 30.5 Å². The van der Waals surface area contributed by atoms with Crippen LogP contribution < -0.4 is 0 Å². The van der Waals surface area contributed by atoms with Crippen LogP contribution in [0.15, 0.2) is 12.1 Å². The molecule has 1 aromatic rings. The maximum absolute atomic E-state index is 11.3. The minimum Gasteiger partial charge on any atom is -0.508 e. The molecular formula is C12H12ClNO3. The lowest BCUT2D eigenvalue weighted by Gasteiger charge is -2.09. The summed E-state index contributed by atoms with van der Waals surface area (Å²) in [6.07, 6.45) is 0.000895. The molecule has 0 aromatic heterocycles. The highest BCUT2D eigenvalue weighted by Gasteiger charge is 2.15. The van der Waals surface area contributed by atoms with E-state index in [-0.39, 0.29) is 23.6 Å². The molecule has 4 nitrogen and oxygen atoms in total. The lowest BCUT2D eigenvalue weighted by atomic mass is 10.00. The molecule has 0 bridgehead atoms. The molecule has 0 fully saturated rings. The summed E-state index contributed by atoms with van der Waals surface area (Å²) in [7, 11) is 0. The van der Waals surface area contributed by atoms with Crippen LogP contribution in [0.25, 0.3) is 0 Å². The van der Waals surface area contributed by atoms with Crippen LogP contribution >= 0.6 is 11.6 Å². The Balaban J connectivity index is 3.09. The Labute approximate surface area is 104 Å². The van der Waals surface area contributed by atoms with Crippen molar-refractivity contribution in [3.8, 4) is 11.8 Å². The van der Waals surface area contributed by atoms with Gasteiger partial charge in [-0.15, -0.1) is 11.6 Å². The number of carbonyl (C=O) groups is 1. The number of halogens is 1. The van der Waals surface area contributed by atoms with E-state index in [0.29, 0.717) is 17.7 Å². The minimum atomic E-state index is -0.407. The second-order valence-corrected chi connectivity index (χ2v) is 3.59. The number of aromatic hydroxyl groups is 1. The molecule has 1 rings (SSSR count). The van der Waals surface area contributed by atoms with Gasteiger partial charge in [0.25, 0.3) is 0 Å². The van der Waals surface area contributed by atoms with E-state index in [1.165, 1.54) is 12.1 Å². The zero-order valence-electron chi connectivity index (χ0n) is 9.36. The highest BCUT2D eigenvalue weighted by Crippen LogP contribution is 2.26. The molecule has 0 radical (unpaired) electrons. The maximum atomic E-state index is 11.3. The van der Waals surface area contributed by atoms with Crippen molar-refractivity contribution >= 4 is 17.6 Å². The van der Waals surface area contributed by atoms with Gasteiger partial charge in [-0.25, -0.2) is 0 Å². The molecule has 0 atom stereocenters. The van der Waals surface area contributed by atoms with Gasteiger partial charge < -0.3 is 9.84 Å². The molecule has 0 spiro atoms. The average molecular weight is 254 g/mol. The number of rotatable bonds is 4. The fourth-order valence-corrected chi connectivity index (χ4v) is 1.75. The first-order valence-electron chi connectivity index (χ1n) is 5.09. The monoisotopic (exact) mass is 253 g/mol. The van der Waals surface area contributed by atoms with Crippen molar-refractivity contribution in [3.63, 3.8) is 0 Å². The predicted octanol–water partition coefficient (Wildman–Crippen LogP) is 2.11. The zero-order chi connectivity index (χ0) is 12.8. The van der Waals surface area contributed by atoms with E-state index in [2.05, 4.69) is 0 Å². The zero-order valence-corrected chi connectivity index (χ0v) is 10.1. The van der Waals surface area contributed by atoms with Crippen LogP contribution in [0.1, 0.15) is 23.6 Å². The van der Waals surface area contributed by atoms with Crippen LogP contribution in [-0.4, -0.2) is 17.7 Å². The summed E-state index contributed by atoms with van der Waals surface area (Å²) in [5, 5.41) is 18.6. The summed E-state index contributed by atoms with van der Waals surface area (Å²) < 4.78 is 4.81. The van der Waals surface area contributed by atoms with Crippen LogP contribution in [0.3, 0.4) is 0 Å². The molecule has 17 heavy (non-hydrogen) atoms. The largest absolute Gasteiger partial charge is 0.508 e. The molecule has 90 valence electrons. The van der Waals surface area contributed by atoms with E-state index in [4.69, 9.17) is 21.6 Å². The van der Waals surface area contributed by atoms with Gasteiger partial charge in [0.2, 0.25) is 0 Å². The molecule has 0 amide bonds. The first-order valence-corrected chi connectivity index (χ1v) is 5.62. The number of alkyl halides is 1. The Hall–Kier alpha value is -1.73. The number of phenols is 1. The average Bonchev–Trinajstić information content (AvgIpc) is 2.31. The summed E-state index contributed by atoms with van der Waals surface area (Å²) in [6.45, 7) is 2.01. The summed E-state index contributed by atoms with van der Waals surface area (Å²) in [5.41, 5.74) is 1.10. The third-order valence-corrected chi connectivity index (χ3v) is 2.53. The molecule has 0 saturated carbocycles. The summed E-state index contributed by atoms with van der Waals surface area (Å²) in [5.74, 6) is -0.426. The Kier molecular flexibility index (Phi) is 4.80. The molecule has 0 heterocycles. The number of hydrogen-bond acceptors (Lipinski definition) is 4. The van der Waals surface area contributed by atoms with Crippen molar-refractivity contribution in [2.45, 2.75) is 19.2 Å². The topological polar surface area (TPSA) is 70.3 Å². The van der Waals surface area contributed by atoms with E-state index < -0.39 is 5.97 Å². The van der Waals surface area contributed by atoms with Crippen LogP contribution in [0.5, 0.6) is 5.75 Å². The van der Waals surface area contributed by atoms with Crippen LogP contribution in [-0.2, 0) is 21.8 Å². The number of benzene rings is 1. The Bertz CT molecular complexity index is 466. The van der Waals surface area contributed by atoms with Gasteiger partial charge in [-0.05, 0) is 18.6 Å². The van der Waals surface area contributed by atoms with E-state index in [1.807, 2.05) is 6.07 Å². The highest BCUT2D eigenvalue weighted by atomic mass is 35.5. The predicted molar refractivity (Wildman–Crippen MR) is 62.7 cm³/mol. The summed E-state index contributed by atoms with van der Waals surface area (Å²) >= 11 is 5.66. The van der Waals surface area contributed by atoms with Gasteiger partial charge in [-0.2, -0.15) is 5.26 Å². The second-order valence-electron chi connectivity index (χ2n) is 3.32. The van der Waals surface area contributed by atoms with E-state index in [0.717, 1.165) is 0 Å². The van der Waals surface area contributed by atoms with Crippen LogP contribution in [0.4, 0.5) is 0 Å². The van der Waals surface area contributed by atoms with Gasteiger partial charge in [-0.1, -0.05) is 6.07 Å². The number of nitriles is 1. The fourth-order valence-electron chi connectivity index (χ4n) is 1.47. The summed E-state index contributed by atoms with van der Waals surface area (Å²) in [4.78, 5) is 11.3. The normalized spacial score (nSPS) is 9.71. The maximum Gasteiger partial charge on any atom is 0.310 e. The van der Waals surface area contributed by atoms with Crippen LogP contribution in [0.2, 0.25) is 0 Å². The lowest BCUT2D eigenvalue weighted by Crippen LogP contribution is -2.09. The van der Waals surface area contributed by atoms with E-state index in [9.17, 15) is 9.90 Å². The fraction of sp³-hybridized carbons (Fsp3) is 0.333. The number of hydrogen-bond donors (Lipinski definition) is 1. The van der Waals surface area contributed by atoms with Gasteiger partial charge in [0.1, 0.15) is 5.75 Å². The minimum absolute atomic E-state index is 0.000895. The SMILES string of the molecule is CCOC(=O)Cc1ccc(O)c(CCl)c1C#N. The number of nitrogens with zero attached hydrogens (tertiary/aromatic N) is 1. The van der Waals surface area contributed by atoms with Crippen molar-refractivity contribution < 1.29 is 14.6 Å². The van der Waals surface area contributed by atoms with Gasteiger partial charge >= 0.3 is 5.97 Å². The van der Waals surface area contributed by atoms with Crippen molar-refractivity contribution in [2.24, 2.45) is 0 Å². The third kappa shape index (κ3) is 3.11. The van der Waals surface area contributed by atoms with Crippen LogP contribution in [0, 0.1) is 11.3 Å². The molecular weight excluding hydrogens is 242 g/mol. The number of phenolic OH excluding ortho intramolecular Hbond substituents is 1. The Morgan fingerprint density at radius 1 is 1.59 bits per heavy atom.